The largest absolute Gasteiger partial charge is 0.497 e. The smallest absolute Gasteiger partial charge is 0.119 e. The van der Waals surface area contributed by atoms with Crippen LogP contribution in [0.1, 0.15) is 0 Å². The van der Waals surface area contributed by atoms with Crippen molar-refractivity contribution in [2.24, 2.45) is 0 Å². The summed E-state index contributed by atoms with van der Waals surface area (Å²) in [7, 11) is 0. The minimum Gasteiger partial charge on any atom is -0.497 e. The van der Waals surface area contributed by atoms with Crippen LogP contribution in [-0.4, -0.2) is 29.8 Å². The second-order valence-corrected chi connectivity index (χ2v) is 9.29. The average molecular weight is 435 g/mol. The molecule has 2 unspecified atom stereocenters. The van der Waals surface area contributed by atoms with Crippen LogP contribution in [0.3, 0.4) is 0 Å². The van der Waals surface area contributed by atoms with E-state index in [1.165, 1.54) is 11.1 Å². The molecule has 0 aromatic rings. The third-order valence-electron chi connectivity index (χ3n) is 5.36. The Bertz CT molecular complexity index is 1020. The lowest BCUT2D eigenvalue weighted by Crippen LogP contribution is -2.43. The third-order valence-corrected chi connectivity index (χ3v) is 7.93. The molecule has 0 aromatic carbocycles. The predicted octanol–water partition coefficient (Wildman–Crippen LogP) is 5.88. The fraction of sp³-hybridized carbons (Fsp3) is 0.200. The zero-order valence-electron chi connectivity index (χ0n) is 16.4. The lowest BCUT2D eigenvalue weighted by molar-refractivity contribution is 0.221. The van der Waals surface area contributed by atoms with E-state index in [4.69, 9.17) is 14.2 Å². The fourth-order valence-corrected chi connectivity index (χ4v) is 6.58. The molecule has 0 bridgehead atoms. The van der Waals surface area contributed by atoms with Crippen LogP contribution in [0.4, 0.5) is 0 Å². The highest BCUT2D eigenvalue weighted by Gasteiger charge is 2.50. The minimum atomic E-state index is -0.426. The van der Waals surface area contributed by atoms with Crippen LogP contribution in [0.2, 0.25) is 0 Å². The van der Waals surface area contributed by atoms with Gasteiger partial charge in [0, 0.05) is 5.57 Å². The number of hydrogen-bond donors (Lipinski definition) is 0. The van der Waals surface area contributed by atoms with Gasteiger partial charge < -0.3 is 14.2 Å². The van der Waals surface area contributed by atoms with Crippen LogP contribution in [0.5, 0.6) is 0 Å². The Kier molecular flexibility index (Phi) is 5.65. The highest BCUT2D eigenvalue weighted by molar-refractivity contribution is 8.07. The van der Waals surface area contributed by atoms with Crippen LogP contribution in [0, 0.1) is 0 Å². The van der Waals surface area contributed by atoms with Crippen molar-refractivity contribution in [3.05, 3.63) is 118 Å². The first-order chi connectivity index (χ1) is 14.9. The maximum absolute atomic E-state index is 6.29. The summed E-state index contributed by atoms with van der Waals surface area (Å²) in [5, 5.41) is 4.53. The van der Waals surface area contributed by atoms with Crippen LogP contribution in [0.25, 0.3) is 0 Å². The molecular weight excluding hydrogens is 412 g/mol. The average Bonchev–Trinajstić information content (AvgIpc) is 2.85. The Hall–Kier alpha value is -2.50. The van der Waals surface area contributed by atoms with Crippen LogP contribution < -0.4 is 0 Å². The maximum atomic E-state index is 6.29. The van der Waals surface area contributed by atoms with Crippen LogP contribution in [-0.2, 0) is 14.2 Å². The zero-order valence-corrected chi connectivity index (χ0v) is 18.0. The Labute approximate surface area is 185 Å². The van der Waals surface area contributed by atoms with Gasteiger partial charge in [0.2, 0.25) is 0 Å². The van der Waals surface area contributed by atoms with Crippen molar-refractivity contribution in [3.8, 4) is 0 Å². The predicted molar refractivity (Wildman–Crippen MR) is 126 cm³/mol. The SMILES string of the molecule is C1=CCOC(C2(C3C=CC=CS3)SC=CC(C3=CCOC=C3)=C2C2=COCC=C2)=C1. The third kappa shape index (κ3) is 3.46. The molecule has 5 heterocycles. The number of allylic oxidation sites excluding steroid dienone is 10. The summed E-state index contributed by atoms with van der Waals surface area (Å²) >= 11 is 3.63. The highest BCUT2D eigenvalue weighted by atomic mass is 32.2. The maximum Gasteiger partial charge on any atom is 0.119 e. The van der Waals surface area contributed by atoms with Crippen LogP contribution in [0.15, 0.2) is 118 Å². The van der Waals surface area contributed by atoms with Crippen molar-refractivity contribution in [3.63, 3.8) is 0 Å². The second kappa shape index (κ2) is 8.70. The standard InChI is InChI=1S/C25H22O3S2/c1-3-13-28-22(7-1)25(23-8-2-4-16-29-23)24(20-6-5-12-27-18-20)21(11-17-30-25)19-9-14-26-15-10-19/h1-11,14,16-18,23H,12-13,15H2. The molecule has 0 saturated heterocycles. The molecule has 0 aromatic heterocycles. The molecule has 5 rings (SSSR count). The second-order valence-electron chi connectivity index (χ2n) is 7.09. The molecule has 0 spiro atoms. The lowest BCUT2D eigenvalue weighted by Gasteiger charge is -2.45. The Balaban J connectivity index is 1.77. The first kappa shape index (κ1) is 19.5. The Morgan fingerprint density at radius 3 is 2.63 bits per heavy atom. The number of ether oxygens (including phenoxy) is 3. The van der Waals surface area contributed by atoms with E-state index >= 15 is 0 Å². The van der Waals surface area contributed by atoms with Crippen molar-refractivity contribution in [2.75, 3.05) is 19.8 Å². The zero-order chi connectivity index (χ0) is 20.2. The first-order valence-electron chi connectivity index (χ1n) is 9.95. The van der Waals surface area contributed by atoms with Gasteiger partial charge >= 0.3 is 0 Å². The topological polar surface area (TPSA) is 27.7 Å². The quantitative estimate of drug-likeness (QED) is 0.551. The van der Waals surface area contributed by atoms with E-state index in [2.05, 4.69) is 65.5 Å². The summed E-state index contributed by atoms with van der Waals surface area (Å²) in [5.41, 5.74) is 4.63. The van der Waals surface area contributed by atoms with Gasteiger partial charge in [0.05, 0.1) is 17.8 Å². The normalized spacial score (nSPS) is 29.6. The molecule has 0 radical (unpaired) electrons. The monoisotopic (exact) mass is 434 g/mol. The molecule has 0 N–H and O–H groups in total. The lowest BCUT2D eigenvalue weighted by atomic mass is 9.80. The highest BCUT2D eigenvalue weighted by Crippen LogP contribution is 2.56. The van der Waals surface area contributed by atoms with Crippen molar-refractivity contribution in [2.45, 2.75) is 10.00 Å². The van der Waals surface area contributed by atoms with Gasteiger partial charge in [-0.05, 0) is 64.0 Å². The molecule has 3 nitrogen and oxygen atoms in total. The Morgan fingerprint density at radius 2 is 1.90 bits per heavy atom. The molecule has 5 aliphatic heterocycles. The summed E-state index contributed by atoms with van der Waals surface area (Å²) in [6, 6.07) is 0. The van der Waals surface area contributed by atoms with Gasteiger partial charge in [-0.3, -0.25) is 0 Å². The molecule has 152 valence electrons. The summed E-state index contributed by atoms with van der Waals surface area (Å²) in [6.45, 7) is 1.76. The van der Waals surface area contributed by atoms with Crippen molar-refractivity contribution < 1.29 is 14.2 Å². The van der Waals surface area contributed by atoms with Gasteiger partial charge in [-0.15, -0.1) is 23.5 Å². The van der Waals surface area contributed by atoms with Crippen molar-refractivity contribution in [1.82, 2.24) is 0 Å². The molecule has 30 heavy (non-hydrogen) atoms. The van der Waals surface area contributed by atoms with Gasteiger partial charge in [0.15, 0.2) is 0 Å². The fourth-order valence-electron chi connectivity index (χ4n) is 4.07. The minimum absolute atomic E-state index is 0.167. The Morgan fingerprint density at radius 1 is 0.900 bits per heavy atom. The summed E-state index contributed by atoms with van der Waals surface area (Å²) in [5.74, 6) is 0.973. The van der Waals surface area contributed by atoms with Gasteiger partial charge in [-0.1, -0.05) is 30.4 Å². The first-order valence-corrected chi connectivity index (χ1v) is 11.8. The van der Waals surface area contributed by atoms with Crippen LogP contribution >= 0.6 is 23.5 Å². The van der Waals surface area contributed by atoms with Gasteiger partial charge in [-0.2, -0.15) is 0 Å². The molecule has 5 aliphatic rings. The van der Waals surface area contributed by atoms with E-state index < -0.39 is 4.75 Å². The van der Waals surface area contributed by atoms with E-state index in [0.29, 0.717) is 19.8 Å². The molecule has 0 fully saturated rings. The van der Waals surface area contributed by atoms with Gasteiger partial charge in [0.25, 0.3) is 0 Å². The number of hydrogen-bond acceptors (Lipinski definition) is 5. The number of thioether (sulfide) groups is 2. The van der Waals surface area contributed by atoms with E-state index in [1.54, 1.807) is 6.26 Å². The number of rotatable bonds is 4. The van der Waals surface area contributed by atoms with Crippen molar-refractivity contribution in [1.29, 1.82) is 0 Å². The van der Waals surface area contributed by atoms with E-state index in [1.807, 2.05) is 41.9 Å². The molecular formula is C25H22O3S2. The van der Waals surface area contributed by atoms with E-state index in [9.17, 15) is 0 Å². The summed E-state index contributed by atoms with van der Waals surface area (Å²) < 4.78 is 17.0. The van der Waals surface area contributed by atoms with E-state index in [0.717, 1.165) is 16.9 Å². The summed E-state index contributed by atoms with van der Waals surface area (Å²) in [6.07, 6.45) is 27.0. The summed E-state index contributed by atoms with van der Waals surface area (Å²) in [4.78, 5) is 0. The molecule has 0 saturated carbocycles. The van der Waals surface area contributed by atoms with Gasteiger partial charge in [0.1, 0.15) is 30.3 Å². The van der Waals surface area contributed by atoms with Crippen molar-refractivity contribution >= 4 is 23.5 Å². The van der Waals surface area contributed by atoms with E-state index in [-0.39, 0.29) is 5.25 Å². The molecule has 0 aliphatic carbocycles. The molecule has 5 heteroatoms. The van der Waals surface area contributed by atoms with Gasteiger partial charge in [-0.25, -0.2) is 0 Å². The molecule has 0 amide bonds. The molecule has 2 atom stereocenters.